The zero-order valence-electron chi connectivity index (χ0n) is 20.6. The van der Waals surface area contributed by atoms with Crippen LogP contribution in [0.5, 0.6) is 5.75 Å². The van der Waals surface area contributed by atoms with E-state index in [0.717, 1.165) is 18.9 Å². The van der Waals surface area contributed by atoms with Crippen molar-refractivity contribution in [1.82, 2.24) is 9.88 Å². The fourth-order valence-corrected chi connectivity index (χ4v) is 3.89. The maximum atomic E-state index is 15.5. The molecule has 1 saturated carbocycles. The molecule has 1 heterocycles. The molecule has 1 fully saturated rings. The molecule has 1 aliphatic rings. The molecule has 1 aliphatic carbocycles. The van der Waals surface area contributed by atoms with Crippen molar-refractivity contribution in [2.24, 2.45) is 0 Å². The van der Waals surface area contributed by atoms with Gasteiger partial charge in [-0.2, -0.15) is 0 Å². The van der Waals surface area contributed by atoms with Crippen LogP contribution in [-0.2, 0) is 9.47 Å². The molecule has 1 aromatic heterocycles. The number of esters is 1. The van der Waals surface area contributed by atoms with Crippen LogP contribution in [-0.4, -0.2) is 67.8 Å². The number of methoxy groups -OCH3 is 2. The number of benzene rings is 1. The molecule has 1 amide bonds. The number of carbonyl (C=O) groups is 2. The summed E-state index contributed by atoms with van der Waals surface area (Å²) in [5.41, 5.74) is -1.12. The molecule has 11 heteroatoms. The van der Waals surface area contributed by atoms with Crippen LogP contribution in [0.25, 0.3) is 10.9 Å². The lowest BCUT2D eigenvalue weighted by Gasteiger charge is -2.28. The molecule has 10 nitrogen and oxygen atoms in total. The Morgan fingerprint density at radius 1 is 1.26 bits per heavy atom. The van der Waals surface area contributed by atoms with E-state index in [0.29, 0.717) is 5.52 Å². The number of halogens is 1. The zero-order valence-corrected chi connectivity index (χ0v) is 20.6. The summed E-state index contributed by atoms with van der Waals surface area (Å²) in [5.74, 6) is -1.46. The van der Waals surface area contributed by atoms with Gasteiger partial charge < -0.3 is 34.1 Å². The Morgan fingerprint density at radius 3 is 2.49 bits per heavy atom. The molecule has 1 aromatic carbocycles. The van der Waals surface area contributed by atoms with Crippen molar-refractivity contribution >= 4 is 28.7 Å². The molecule has 2 aromatic rings. The standard InChI is InChI=1S/C24H32FN3O7/c1-24(2,3)35-23(32)26-8-9-27(10-11-29)19-17(25)12-15-18(21(19)33-4)28(14-6-7-14)13-16(20(15)30)22(31)34-5/h12-14,29H,6-11H2,1-5H3,(H,26,32). The normalized spacial score (nSPS) is 13.5. The number of amides is 1. The van der Waals surface area contributed by atoms with Crippen LogP contribution in [0.4, 0.5) is 14.9 Å². The van der Waals surface area contributed by atoms with E-state index in [2.05, 4.69) is 5.32 Å². The zero-order chi connectivity index (χ0) is 25.9. The van der Waals surface area contributed by atoms with Gasteiger partial charge in [0.15, 0.2) is 11.6 Å². The van der Waals surface area contributed by atoms with E-state index in [-0.39, 0.29) is 54.7 Å². The molecule has 0 unspecified atom stereocenters. The van der Waals surface area contributed by atoms with Gasteiger partial charge in [0.2, 0.25) is 5.43 Å². The maximum Gasteiger partial charge on any atom is 0.407 e. The number of anilines is 1. The van der Waals surface area contributed by atoms with Crippen LogP contribution in [0.15, 0.2) is 17.1 Å². The lowest BCUT2D eigenvalue weighted by Crippen LogP contribution is -2.39. The van der Waals surface area contributed by atoms with Crippen molar-refractivity contribution in [3.8, 4) is 5.75 Å². The van der Waals surface area contributed by atoms with Crippen molar-refractivity contribution in [2.45, 2.75) is 45.3 Å². The monoisotopic (exact) mass is 493 g/mol. The Kier molecular flexibility index (Phi) is 7.89. The molecule has 192 valence electrons. The van der Waals surface area contributed by atoms with Crippen LogP contribution in [0.3, 0.4) is 0 Å². The number of nitrogens with one attached hydrogen (secondary N) is 1. The highest BCUT2D eigenvalue weighted by atomic mass is 19.1. The van der Waals surface area contributed by atoms with Crippen molar-refractivity contribution in [1.29, 1.82) is 0 Å². The molecule has 35 heavy (non-hydrogen) atoms. The largest absolute Gasteiger partial charge is 0.492 e. The van der Waals surface area contributed by atoms with Crippen LogP contribution in [0, 0.1) is 5.82 Å². The van der Waals surface area contributed by atoms with Gasteiger partial charge in [-0.1, -0.05) is 0 Å². The van der Waals surface area contributed by atoms with E-state index < -0.39 is 28.9 Å². The average molecular weight is 494 g/mol. The summed E-state index contributed by atoms with van der Waals surface area (Å²) < 4.78 is 32.8. The number of aromatic nitrogens is 1. The number of fused-ring (bicyclic) bond motifs is 1. The number of aliphatic hydroxyl groups is 1. The van der Waals surface area contributed by atoms with E-state index in [1.54, 1.807) is 25.3 Å². The van der Waals surface area contributed by atoms with Gasteiger partial charge in [-0.05, 0) is 39.7 Å². The Morgan fingerprint density at radius 2 is 1.94 bits per heavy atom. The van der Waals surface area contributed by atoms with Gasteiger partial charge in [0, 0.05) is 31.9 Å². The van der Waals surface area contributed by atoms with Crippen LogP contribution >= 0.6 is 0 Å². The molecule has 0 bridgehead atoms. The topological polar surface area (TPSA) is 119 Å². The number of ether oxygens (including phenoxy) is 3. The molecular formula is C24H32FN3O7. The molecule has 0 radical (unpaired) electrons. The van der Waals surface area contributed by atoms with Crippen LogP contribution in [0.1, 0.15) is 50.0 Å². The third-order valence-corrected chi connectivity index (χ3v) is 5.48. The number of hydrogen-bond donors (Lipinski definition) is 2. The first-order chi connectivity index (χ1) is 16.5. The van der Waals surface area contributed by atoms with Crippen LogP contribution < -0.4 is 20.4 Å². The fraction of sp³-hybridized carbons (Fsp3) is 0.542. The van der Waals surface area contributed by atoms with E-state index >= 15 is 4.39 Å². The lowest BCUT2D eigenvalue weighted by atomic mass is 10.1. The molecule has 3 rings (SSSR count). The number of alkyl carbamates (subject to hydrolysis) is 1. The Balaban J connectivity index is 2.07. The van der Waals surface area contributed by atoms with E-state index in [1.165, 1.54) is 25.3 Å². The minimum absolute atomic E-state index is 0.00581. The van der Waals surface area contributed by atoms with Gasteiger partial charge in [0.1, 0.15) is 16.9 Å². The number of pyridine rings is 1. The highest BCUT2D eigenvalue weighted by Crippen LogP contribution is 2.43. The summed E-state index contributed by atoms with van der Waals surface area (Å²) >= 11 is 0. The summed E-state index contributed by atoms with van der Waals surface area (Å²) in [6, 6.07) is 1.10. The maximum absolute atomic E-state index is 15.5. The summed E-state index contributed by atoms with van der Waals surface area (Å²) in [7, 11) is 2.54. The number of nitrogens with zero attached hydrogens (tertiary/aromatic N) is 2. The minimum Gasteiger partial charge on any atom is -0.492 e. The molecule has 2 N–H and O–H groups in total. The molecule has 0 atom stereocenters. The Bertz CT molecular complexity index is 1170. The molecular weight excluding hydrogens is 461 g/mol. The van der Waals surface area contributed by atoms with Gasteiger partial charge in [0.25, 0.3) is 0 Å². The quantitative estimate of drug-likeness (QED) is 0.512. The molecule has 0 aliphatic heterocycles. The SMILES string of the molecule is COC(=O)c1cn(C2CC2)c2c(OC)c(N(CCO)CCNC(=O)OC(C)(C)C)c(F)cc2c1=O. The smallest absolute Gasteiger partial charge is 0.407 e. The van der Waals surface area contributed by atoms with E-state index in [4.69, 9.17) is 14.2 Å². The van der Waals surface area contributed by atoms with Crippen molar-refractivity contribution in [2.75, 3.05) is 45.4 Å². The first kappa shape index (κ1) is 26.3. The van der Waals surface area contributed by atoms with Gasteiger partial charge in [-0.25, -0.2) is 14.0 Å². The predicted molar refractivity (Wildman–Crippen MR) is 128 cm³/mol. The number of hydrogen-bond acceptors (Lipinski definition) is 8. The first-order valence-corrected chi connectivity index (χ1v) is 11.4. The molecule has 0 spiro atoms. The van der Waals surface area contributed by atoms with E-state index in [1.807, 2.05) is 0 Å². The van der Waals surface area contributed by atoms with Gasteiger partial charge in [-0.15, -0.1) is 0 Å². The second-order valence-electron chi connectivity index (χ2n) is 9.28. The lowest BCUT2D eigenvalue weighted by molar-refractivity contribution is 0.0528. The number of carbonyl (C=O) groups excluding carboxylic acids is 2. The highest BCUT2D eigenvalue weighted by Gasteiger charge is 2.31. The van der Waals surface area contributed by atoms with Crippen molar-refractivity contribution in [3.05, 3.63) is 33.9 Å². The minimum atomic E-state index is -0.801. The Hall–Kier alpha value is -3.34. The predicted octanol–water partition coefficient (Wildman–Crippen LogP) is 2.59. The third-order valence-electron chi connectivity index (χ3n) is 5.48. The average Bonchev–Trinajstić information content (AvgIpc) is 3.62. The summed E-state index contributed by atoms with van der Waals surface area (Å²) in [6.45, 7) is 5.21. The van der Waals surface area contributed by atoms with Crippen molar-refractivity contribution in [3.63, 3.8) is 0 Å². The Labute approximate surface area is 202 Å². The summed E-state index contributed by atoms with van der Waals surface area (Å²) in [5, 5.41) is 12.2. The molecule has 0 saturated heterocycles. The summed E-state index contributed by atoms with van der Waals surface area (Å²) in [6.07, 6.45) is 2.47. The first-order valence-electron chi connectivity index (χ1n) is 11.4. The second kappa shape index (κ2) is 10.5. The number of rotatable bonds is 9. The van der Waals surface area contributed by atoms with Crippen LogP contribution in [0.2, 0.25) is 0 Å². The second-order valence-corrected chi connectivity index (χ2v) is 9.28. The fourth-order valence-electron chi connectivity index (χ4n) is 3.89. The van der Waals surface area contributed by atoms with Crippen molar-refractivity contribution < 1.29 is 33.3 Å². The third kappa shape index (κ3) is 5.84. The van der Waals surface area contributed by atoms with E-state index in [9.17, 15) is 19.5 Å². The number of aliphatic hydroxyl groups excluding tert-OH is 1. The van der Waals surface area contributed by atoms with Gasteiger partial charge >= 0.3 is 12.1 Å². The highest BCUT2D eigenvalue weighted by molar-refractivity contribution is 5.97. The van der Waals surface area contributed by atoms with Gasteiger partial charge in [0.05, 0.1) is 31.7 Å². The van der Waals surface area contributed by atoms with Gasteiger partial charge in [-0.3, -0.25) is 4.79 Å². The summed E-state index contributed by atoms with van der Waals surface area (Å²) in [4.78, 5) is 38.8.